The maximum atomic E-state index is 12.6. The minimum Gasteiger partial charge on any atom is -0.435 e. The summed E-state index contributed by atoms with van der Waals surface area (Å²) in [7, 11) is 0. The number of hydrogen-bond acceptors (Lipinski definition) is 5. The Kier molecular flexibility index (Phi) is 5.79. The highest BCUT2D eigenvalue weighted by Gasteiger charge is 2.28. The van der Waals surface area contributed by atoms with Crippen molar-refractivity contribution in [3.05, 3.63) is 45.9 Å². The van der Waals surface area contributed by atoms with Crippen LogP contribution >= 0.6 is 11.8 Å². The van der Waals surface area contributed by atoms with Gasteiger partial charge in [-0.05, 0) is 25.5 Å². The Labute approximate surface area is 158 Å². The van der Waals surface area contributed by atoms with Crippen molar-refractivity contribution in [2.75, 3.05) is 11.1 Å². The Morgan fingerprint density at radius 2 is 2.26 bits per heavy atom. The van der Waals surface area contributed by atoms with Crippen LogP contribution in [0.1, 0.15) is 18.2 Å². The van der Waals surface area contributed by atoms with Crippen LogP contribution in [-0.2, 0) is 17.8 Å². The number of rotatable bonds is 5. The molecule has 0 fully saturated rings. The van der Waals surface area contributed by atoms with E-state index in [0.717, 1.165) is 5.69 Å². The van der Waals surface area contributed by atoms with Gasteiger partial charge >= 0.3 is 6.61 Å². The third-order valence-corrected chi connectivity index (χ3v) is 5.44. The van der Waals surface area contributed by atoms with E-state index in [1.54, 1.807) is 10.6 Å². The average Bonchev–Trinajstić information content (AvgIpc) is 2.61. The molecule has 0 spiro atoms. The van der Waals surface area contributed by atoms with Crippen LogP contribution in [0.25, 0.3) is 0 Å². The van der Waals surface area contributed by atoms with Gasteiger partial charge in [0.15, 0.2) is 5.16 Å². The van der Waals surface area contributed by atoms with Gasteiger partial charge in [-0.3, -0.25) is 14.2 Å². The monoisotopic (exact) mass is 395 g/mol. The molecule has 1 aromatic carbocycles. The summed E-state index contributed by atoms with van der Waals surface area (Å²) < 4.78 is 30.5. The number of benzene rings is 1. The van der Waals surface area contributed by atoms with E-state index in [0.29, 0.717) is 28.6 Å². The molecule has 0 bridgehead atoms. The smallest absolute Gasteiger partial charge is 0.387 e. The standard InChI is InChI=1S/C18H19F2N3O3S/c1-3-14-10(2)21-18-23(16(14)25)8-11(9-27-18)15(24)22-12-5-4-6-13(7-12)26-17(19)20/h4-7,11,17H,3,8-9H2,1-2H3,(H,22,24). The summed E-state index contributed by atoms with van der Waals surface area (Å²) in [4.78, 5) is 29.7. The van der Waals surface area contributed by atoms with Crippen molar-refractivity contribution in [3.63, 3.8) is 0 Å². The van der Waals surface area contributed by atoms with Gasteiger partial charge in [0.1, 0.15) is 5.75 Å². The number of aromatic nitrogens is 2. The molecule has 0 saturated heterocycles. The van der Waals surface area contributed by atoms with E-state index in [1.807, 2.05) is 13.8 Å². The highest BCUT2D eigenvalue weighted by Crippen LogP contribution is 2.27. The molecular formula is C18H19F2N3O3S. The third-order valence-electron chi connectivity index (χ3n) is 4.30. The maximum Gasteiger partial charge on any atom is 0.387 e. The molecule has 144 valence electrons. The van der Waals surface area contributed by atoms with Crippen molar-refractivity contribution in [2.24, 2.45) is 5.92 Å². The number of ether oxygens (including phenoxy) is 1. The maximum absolute atomic E-state index is 12.6. The molecule has 27 heavy (non-hydrogen) atoms. The number of alkyl halides is 2. The topological polar surface area (TPSA) is 73.2 Å². The van der Waals surface area contributed by atoms with Crippen LogP contribution in [0.4, 0.5) is 14.5 Å². The fourth-order valence-corrected chi connectivity index (χ4v) is 4.08. The number of anilines is 1. The number of thioether (sulfide) groups is 1. The normalized spacial score (nSPS) is 16.1. The van der Waals surface area contributed by atoms with Gasteiger partial charge in [0, 0.05) is 35.3 Å². The molecule has 1 aliphatic heterocycles. The molecule has 1 N–H and O–H groups in total. The van der Waals surface area contributed by atoms with Crippen LogP contribution in [0.15, 0.2) is 34.2 Å². The van der Waals surface area contributed by atoms with Gasteiger partial charge in [-0.25, -0.2) is 4.98 Å². The van der Waals surface area contributed by atoms with Crippen LogP contribution in [0.2, 0.25) is 0 Å². The average molecular weight is 395 g/mol. The largest absolute Gasteiger partial charge is 0.435 e. The minimum atomic E-state index is -2.93. The van der Waals surface area contributed by atoms with Crippen molar-refractivity contribution in [2.45, 2.75) is 38.6 Å². The Balaban J connectivity index is 1.76. The van der Waals surface area contributed by atoms with E-state index in [1.165, 1.54) is 30.0 Å². The zero-order valence-electron chi connectivity index (χ0n) is 14.9. The van der Waals surface area contributed by atoms with Gasteiger partial charge in [0.05, 0.1) is 5.92 Å². The zero-order valence-corrected chi connectivity index (χ0v) is 15.7. The molecule has 0 aliphatic carbocycles. The van der Waals surface area contributed by atoms with Gasteiger partial charge in [-0.2, -0.15) is 8.78 Å². The number of fused-ring (bicyclic) bond motifs is 1. The fraction of sp³-hybridized carbons (Fsp3) is 0.389. The van der Waals surface area contributed by atoms with Crippen molar-refractivity contribution in [1.82, 2.24) is 9.55 Å². The summed E-state index contributed by atoms with van der Waals surface area (Å²) in [6, 6.07) is 5.82. The number of amides is 1. The number of halogens is 2. The Hall–Kier alpha value is -2.42. The number of nitrogens with zero attached hydrogens (tertiary/aromatic N) is 2. The zero-order chi connectivity index (χ0) is 19.6. The molecule has 1 atom stereocenters. The van der Waals surface area contributed by atoms with E-state index in [2.05, 4.69) is 15.0 Å². The van der Waals surface area contributed by atoms with Crippen molar-refractivity contribution < 1.29 is 18.3 Å². The first-order valence-corrected chi connectivity index (χ1v) is 9.46. The van der Waals surface area contributed by atoms with Gasteiger partial charge in [0.2, 0.25) is 5.91 Å². The molecule has 1 aromatic heterocycles. The van der Waals surface area contributed by atoms with E-state index in [4.69, 9.17) is 0 Å². The summed E-state index contributed by atoms with van der Waals surface area (Å²) in [6.07, 6.45) is 0.580. The molecule has 1 amide bonds. The molecule has 1 aliphatic rings. The molecule has 2 aromatic rings. The summed E-state index contributed by atoms with van der Waals surface area (Å²) in [6.45, 7) is 1.01. The van der Waals surface area contributed by atoms with Crippen LogP contribution in [0.3, 0.4) is 0 Å². The number of aryl methyl sites for hydroxylation is 1. The molecule has 1 unspecified atom stereocenters. The SMILES string of the molecule is CCc1c(C)nc2n(c1=O)CC(C(=O)Nc1cccc(OC(F)F)c1)CS2. The van der Waals surface area contributed by atoms with Crippen molar-refractivity contribution in [1.29, 1.82) is 0 Å². The number of carbonyl (C=O) groups is 1. The molecule has 0 radical (unpaired) electrons. The van der Waals surface area contributed by atoms with Crippen molar-refractivity contribution >= 4 is 23.4 Å². The lowest BCUT2D eigenvalue weighted by molar-refractivity contribution is -0.119. The van der Waals surface area contributed by atoms with Crippen LogP contribution in [-0.4, -0.2) is 27.8 Å². The van der Waals surface area contributed by atoms with Crippen LogP contribution in [0.5, 0.6) is 5.75 Å². The van der Waals surface area contributed by atoms with Gasteiger partial charge in [0.25, 0.3) is 5.56 Å². The highest BCUT2D eigenvalue weighted by molar-refractivity contribution is 7.99. The Bertz CT molecular complexity index is 917. The number of hydrogen-bond donors (Lipinski definition) is 1. The van der Waals surface area contributed by atoms with Crippen LogP contribution in [0, 0.1) is 12.8 Å². The molecule has 9 heteroatoms. The lowest BCUT2D eigenvalue weighted by Crippen LogP contribution is -2.38. The number of nitrogens with one attached hydrogen (secondary N) is 1. The summed E-state index contributed by atoms with van der Waals surface area (Å²) in [5.74, 6) is -0.271. The third kappa shape index (κ3) is 4.29. The Morgan fingerprint density at radius 3 is 2.96 bits per heavy atom. The van der Waals surface area contributed by atoms with E-state index >= 15 is 0 Å². The summed E-state index contributed by atoms with van der Waals surface area (Å²) in [5, 5.41) is 3.32. The van der Waals surface area contributed by atoms with Gasteiger partial charge in [-0.15, -0.1) is 0 Å². The summed E-state index contributed by atoms with van der Waals surface area (Å²) >= 11 is 1.36. The first-order chi connectivity index (χ1) is 12.9. The van der Waals surface area contributed by atoms with E-state index in [-0.39, 0.29) is 23.8 Å². The Morgan fingerprint density at radius 1 is 1.48 bits per heavy atom. The highest BCUT2D eigenvalue weighted by atomic mass is 32.2. The van der Waals surface area contributed by atoms with E-state index < -0.39 is 12.5 Å². The van der Waals surface area contributed by atoms with Gasteiger partial charge in [-0.1, -0.05) is 24.8 Å². The molecule has 3 rings (SSSR count). The predicted octanol–water partition coefficient (Wildman–Crippen LogP) is 3.08. The van der Waals surface area contributed by atoms with Gasteiger partial charge < -0.3 is 10.1 Å². The minimum absolute atomic E-state index is 0.0327. The second-order valence-corrected chi connectivity index (χ2v) is 7.12. The molecule has 6 nitrogen and oxygen atoms in total. The predicted molar refractivity (Wildman–Crippen MR) is 98.5 cm³/mol. The lowest BCUT2D eigenvalue weighted by atomic mass is 10.1. The fourth-order valence-electron chi connectivity index (χ4n) is 2.96. The molecular weight excluding hydrogens is 376 g/mol. The number of carbonyl (C=O) groups excluding carboxylic acids is 1. The lowest BCUT2D eigenvalue weighted by Gasteiger charge is -2.25. The van der Waals surface area contributed by atoms with Crippen molar-refractivity contribution in [3.8, 4) is 5.75 Å². The van der Waals surface area contributed by atoms with E-state index in [9.17, 15) is 18.4 Å². The second kappa shape index (κ2) is 8.08. The molecule has 0 saturated carbocycles. The first kappa shape index (κ1) is 19.3. The quantitative estimate of drug-likeness (QED) is 0.788. The first-order valence-electron chi connectivity index (χ1n) is 8.48. The summed E-state index contributed by atoms with van der Waals surface area (Å²) in [5.41, 5.74) is 1.62. The second-order valence-electron chi connectivity index (χ2n) is 6.13. The molecule has 2 heterocycles. The van der Waals surface area contributed by atoms with Crippen LogP contribution < -0.4 is 15.6 Å².